The first-order valence-electron chi connectivity index (χ1n) is 8.59. The summed E-state index contributed by atoms with van der Waals surface area (Å²) in [5, 5.41) is 0. The van der Waals surface area contributed by atoms with Gasteiger partial charge in [-0.05, 0) is 44.0 Å². The van der Waals surface area contributed by atoms with Gasteiger partial charge in [-0.15, -0.1) is 0 Å². The van der Waals surface area contributed by atoms with Crippen LogP contribution in [-0.4, -0.2) is 61.1 Å². The lowest BCUT2D eigenvalue weighted by Gasteiger charge is -2.26. The second-order valence-corrected chi connectivity index (χ2v) is 6.64. The fourth-order valence-electron chi connectivity index (χ4n) is 3.70. The number of carbonyl (C=O) groups is 1. The molecule has 0 saturated carbocycles. The Labute approximate surface area is 138 Å². The molecule has 2 N–H and O–H groups in total. The van der Waals surface area contributed by atoms with Gasteiger partial charge in [-0.2, -0.15) is 0 Å². The first-order chi connectivity index (χ1) is 11.2. The second-order valence-electron chi connectivity index (χ2n) is 6.64. The molecule has 2 aliphatic heterocycles. The van der Waals surface area contributed by atoms with E-state index >= 15 is 0 Å². The van der Waals surface area contributed by atoms with Gasteiger partial charge >= 0.3 is 0 Å². The van der Waals surface area contributed by atoms with Crippen molar-refractivity contribution in [1.29, 1.82) is 0 Å². The van der Waals surface area contributed by atoms with E-state index in [-0.39, 0.29) is 5.91 Å². The zero-order valence-corrected chi connectivity index (χ0v) is 13.9. The molecule has 5 heteroatoms. The molecular formula is C18H27N3O2. The summed E-state index contributed by atoms with van der Waals surface area (Å²) in [4.78, 5) is 17.1. The van der Waals surface area contributed by atoms with Gasteiger partial charge in [0.05, 0.1) is 6.42 Å². The molecule has 2 aliphatic rings. The smallest absolute Gasteiger partial charge is 0.227 e. The van der Waals surface area contributed by atoms with Crippen molar-refractivity contribution in [3.8, 4) is 5.75 Å². The van der Waals surface area contributed by atoms with Crippen molar-refractivity contribution in [1.82, 2.24) is 9.80 Å². The quantitative estimate of drug-likeness (QED) is 0.888. The maximum Gasteiger partial charge on any atom is 0.227 e. The largest absolute Gasteiger partial charge is 0.492 e. The van der Waals surface area contributed by atoms with Gasteiger partial charge in [-0.25, -0.2) is 0 Å². The molecule has 2 saturated heterocycles. The van der Waals surface area contributed by atoms with E-state index < -0.39 is 0 Å². The molecule has 1 aromatic carbocycles. The van der Waals surface area contributed by atoms with Crippen LogP contribution in [0.15, 0.2) is 24.3 Å². The number of amides is 1. The standard InChI is InChI=1S/C18H27N3O2/c1-20-15-4-5-16(20)13-21(10-8-15)18(22)12-14-2-6-17(7-3-14)23-11-9-19/h2-3,6-7,15-16H,4-5,8-13,19H2,1H3/t15-,16+/m0/s1. The Morgan fingerprint density at radius 2 is 1.96 bits per heavy atom. The van der Waals surface area contributed by atoms with Crippen molar-refractivity contribution in [2.75, 3.05) is 33.3 Å². The zero-order chi connectivity index (χ0) is 16.2. The SMILES string of the molecule is CN1[C@H]2CC[C@@H]1CN(C(=O)Cc1ccc(OCCN)cc1)CC2. The van der Waals surface area contributed by atoms with Crippen LogP contribution >= 0.6 is 0 Å². The van der Waals surface area contributed by atoms with E-state index in [1.807, 2.05) is 24.3 Å². The van der Waals surface area contributed by atoms with Crippen molar-refractivity contribution >= 4 is 5.91 Å². The molecule has 0 radical (unpaired) electrons. The third-order valence-electron chi connectivity index (χ3n) is 5.17. The molecule has 2 heterocycles. The highest BCUT2D eigenvalue weighted by molar-refractivity contribution is 5.79. The summed E-state index contributed by atoms with van der Waals surface area (Å²) in [7, 11) is 2.20. The third kappa shape index (κ3) is 3.85. The summed E-state index contributed by atoms with van der Waals surface area (Å²) in [5.74, 6) is 1.04. The van der Waals surface area contributed by atoms with Gasteiger partial charge in [0, 0.05) is 31.7 Å². The maximum absolute atomic E-state index is 12.6. The number of benzene rings is 1. The Kier molecular flexibility index (Phi) is 5.18. The Bertz CT molecular complexity index is 532. The molecule has 0 aliphatic carbocycles. The summed E-state index contributed by atoms with van der Waals surface area (Å²) in [6.07, 6.45) is 4.08. The Hall–Kier alpha value is -1.59. The summed E-state index contributed by atoms with van der Waals surface area (Å²) < 4.78 is 5.47. The van der Waals surface area contributed by atoms with E-state index in [0.29, 0.717) is 31.7 Å². The van der Waals surface area contributed by atoms with E-state index in [0.717, 1.165) is 30.8 Å². The van der Waals surface area contributed by atoms with Crippen LogP contribution in [0.5, 0.6) is 5.75 Å². The highest BCUT2D eigenvalue weighted by Gasteiger charge is 2.35. The van der Waals surface area contributed by atoms with Gasteiger partial charge in [0.2, 0.25) is 5.91 Å². The van der Waals surface area contributed by atoms with E-state index in [9.17, 15) is 4.79 Å². The van der Waals surface area contributed by atoms with Crippen LogP contribution in [0.1, 0.15) is 24.8 Å². The summed E-state index contributed by atoms with van der Waals surface area (Å²) in [6, 6.07) is 8.97. The fraction of sp³-hybridized carbons (Fsp3) is 0.611. The molecule has 5 nitrogen and oxygen atoms in total. The number of hydrogen-bond acceptors (Lipinski definition) is 4. The molecule has 0 spiro atoms. The van der Waals surface area contributed by atoms with Gasteiger partial charge in [0.25, 0.3) is 0 Å². The first-order valence-corrected chi connectivity index (χ1v) is 8.59. The molecule has 23 heavy (non-hydrogen) atoms. The van der Waals surface area contributed by atoms with Crippen molar-refractivity contribution in [3.05, 3.63) is 29.8 Å². The Morgan fingerprint density at radius 1 is 1.22 bits per heavy atom. The molecule has 2 atom stereocenters. The van der Waals surface area contributed by atoms with Crippen LogP contribution < -0.4 is 10.5 Å². The number of rotatable bonds is 5. The number of ether oxygens (including phenoxy) is 1. The topological polar surface area (TPSA) is 58.8 Å². The van der Waals surface area contributed by atoms with Crippen molar-refractivity contribution in [2.45, 2.75) is 37.8 Å². The number of nitrogens with zero attached hydrogens (tertiary/aromatic N) is 2. The average Bonchev–Trinajstić information content (AvgIpc) is 2.79. The predicted molar refractivity (Wildman–Crippen MR) is 90.5 cm³/mol. The lowest BCUT2D eigenvalue weighted by molar-refractivity contribution is -0.130. The molecule has 3 rings (SSSR count). The molecule has 2 bridgehead atoms. The Balaban J connectivity index is 1.56. The number of likely N-dealkylation sites (N-methyl/N-ethyl adjacent to an activating group) is 1. The van der Waals surface area contributed by atoms with Crippen molar-refractivity contribution in [3.63, 3.8) is 0 Å². The van der Waals surface area contributed by atoms with Crippen LogP contribution in [0.25, 0.3) is 0 Å². The Morgan fingerprint density at radius 3 is 2.70 bits per heavy atom. The number of likely N-dealkylation sites (tertiary alicyclic amines) is 1. The predicted octanol–water partition coefficient (Wildman–Crippen LogP) is 1.26. The first kappa shape index (κ1) is 16.3. The number of hydrogen-bond donors (Lipinski definition) is 1. The van der Waals surface area contributed by atoms with Crippen LogP contribution in [0, 0.1) is 0 Å². The summed E-state index contributed by atoms with van der Waals surface area (Å²) in [5.41, 5.74) is 6.46. The monoisotopic (exact) mass is 317 g/mol. The third-order valence-corrected chi connectivity index (χ3v) is 5.17. The summed E-state index contributed by atoms with van der Waals surface area (Å²) >= 11 is 0. The number of carbonyl (C=O) groups excluding carboxylic acids is 1. The normalized spacial score (nSPS) is 24.5. The van der Waals surface area contributed by atoms with Crippen LogP contribution in [0.4, 0.5) is 0 Å². The minimum absolute atomic E-state index is 0.238. The van der Waals surface area contributed by atoms with Crippen LogP contribution in [0.2, 0.25) is 0 Å². The minimum atomic E-state index is 0.238. The van der Waals surface area contributed by atoms with Crippen molar-refractivity contribution in [2.24, 2.45) is 5.73 Å². The molecule has 1 amide bonds. The van der Waals surface area contributed by atoms with Crippen LogP contribution in [0.3, 0.4) is 0 Å². The fourth-order valence-corrected chi connectivity index (χ4v) is 3.70. The second kappa shape index (κ2) is 7.32. The lowest BCUT2D eigenvalue weighted by atomic mass is 10.1. The highest BCUT2D eigenvalue weighted by Crippen LogP contribution is 2.28. The number of nitrogens with two attached hydrogens (primary N) is 1. The maximum atomic E-state index is 12.6. The molecule has 1 aromatic rings. The van der Waals surface area contributed by atoms with Gasteiger partial charge in [0.1, 0.15) is 12.4 Å². The minimum Gasteiger partial charge on any atom is -0.492 e. The highest BCUT2D eigenvalue weighted by atomic mass is 16.5. The van der Waals surface area contributed by atoms with Crippen LogP contribution in [-0.2, 0) is 11.2 Å². The molecule has 2 fully saturated rings. The van der Waals surface area contributed by atoms with E-state index in [1.54, 1.807) is 0 Å². The zero-order valence-electron chi connectivity index (χ0n) is 13.9. The molecular weight excluding hydrogens is 290 g/mol. The van der Waals surface area contributed by atoms with E-state index in [2.05, 4.69) is 16.8 Å². The molecule has 0 unspecified atom stereocenters. The molecule has 126 valence electrons. The van der Waals surface area contributed by atoms with Gasteiger partial charge in [0.15, 0.2) is 0 Å². The van der Waals surface area contributed by atoms with Gasteiger partial charge in [-0.3, -0.25) is 9.69 Å². The average molecular weight is 317 g/mol. The van der Waals surface area contributed by atoms with Gasteiger partial charge < -0.3 is 15.4 Å². The number of fused-ring (bicyclic) bond motifs is 2. The van der Waals surface area contributed by atoms with E-state index in [1.165, 1.54) is 12.8 Å². The molecule has 0 aromatic heterocycles. The van der Waals surface area contributed by atoms with E-state index in [4.69, 9.17) is 10.5 Å². The van der Waals surface area contributed by atoms with Gasteiger partial charge in [-0.1, -0.05) is 12.1 Å². The van der Waals surface area contributed by atoms with Crippen molar-refractivity contribution < 1.29 is 9.53 Å². The lowest BCUT2D eigenvalue weighted by Crippen LogP contribution is -2.40. The summed E-state index contributed by atoms with van der Waals surface area (Å²) in [6.45, 7) is 2.79.